The van der Waals surface area contributed by atoms with Crippen LogP contribution in [-0.2, 0) is 0 Å². The number of hydrogen-bond acceptors (Lipinski definition) is 3. The van der Waals surface area contributed by atoms with Crippen LogP contribution in [0.5, 0.6) is 11.5 Å². The molecular weight excluding hydrogens is 264 g/mol. The van der Waals surface area contributed by atoms with Gasteiger partial charge in [-0.2, -0.15) is 0 Å². The first-order chi connectivity index (χ1) is 10.2. The molecule has 1 atom stereocenters. The lowest BCUT2D eigenvalue weighted by Gasteiger charge is -2.18. The molecule has 3 nitrogen and oxygen atoms in total. The van der Waals surface area contributed by atoms with Crippen molar-refractivity contribution in [2.45, 2.75) is 52.1 Å². The first-order valence-corrected chi connectivity index (χ1v) is 8.00. The number of aliphatic hydroxyl groups excluding tert-OH is 1. The molecular formula is C18H26O3. The lowest BCUT2D eigenvalue weighted by Crippen LogP contribution is -2.04. The predicted molar refractivity (Wildman–Crippen MR) is 84.9 cm³/mol. The summed E-state index contributed by atoms with van der Waals surface area (Å²) in [6.45, 7) is 5.10. The Bertz CT molecular complexity index is 479. The van der Waals surface area contributed by atoms with E-state index in [4.69, 9.17) is 9.47 Å². The average Bonchev–Trinajstić information content (AvgIpc) is 2.50. The molecule has 1 aliphatic carbocycles. The Morgan fingerprint density at radius 1 is 1.10 bits per heavy atom. The van der Waals surface area contributed by atoms with Gasteiger partial charge >= 0.3 is 0 Å². The summed E-state index contributed by atoms with van der Waals surface area (Å²) in [5.41, 5.74) is 2.27. The van der Waals surface area contributed by atoms with Gasteiger partial charge in [0.2, 0.25) is 0 Å². The molecule has 0 saturated heterocycles. The molecule has 3 heteroatoms. The van der Waals surface area contributed by atoms with E-state index in [2.05, 4.69) is 6.08 Å². The van der Waals surface area contributed by atoms with Crippen LogP contribution in [0.2, 0.25) is 0 Å². The van der Waals surface area contributed by atoms with Crippen molar-refractivity contribution in [2.75, 3.05) is 13.2 Å². The lowest BCUT2D eigenvalue weighted by atomic mass is 9.93. The summed E-state index contributed by atoms with van der Waals surface area (Å²) in [7, 11) is 0. The summed E-state index contributed by atoms with van der Waals surface area (Å²) < 4.78 is 11.2. The highest BCUT2D eigenvalue weighted by Gasteiger charge is 2.15. The van der Waals surface area contributed by atoms with E-state index in [0.717, 1.165) is 30.6 Å². The Kier molecular flexibility index (Phi) is 6.12. The Labute approximate surface area is 127 Å². The fourth-order valence-electron chi connectivity index (χ4n) is 2.73. The van der Waals surface area contributed by atoms with Gasteiger partial charge in [0.05, 0.1) is 19.3 Å². The number of ether oxygens (including phenoxy) is 2. The van der Waals surface area contributed by atoms with Gasteiger partial charge in [-0.1, -0.05) is 17.7 Å². The first kappa shape index (κ1) is 15.9. The average molecular weight is 290 g/mol. The summed E-state index contributed by atoms with van der Waals surface area (Å²) in [4.78, 5) is 0. The molecule has 0 spiro atoms. The van der Waals surface area contributed by atoms with Gasteiger partial charge in [0.15, 0.2) is 11.5 Å². The van der Waals surface area contributed by atoms with E-state index < -0.39 is 6.10 Å². The van der Waals surface area contributed by atoms with Crippen molar-refractivity contribution in [1.82, 2.24) is 0 Å². The highest BCUT2D eigenvalue weighted by molar-refractivity contribution is 5.43. The third kappa shape index (κ3) is 4.50. The predicted octanol–water partition coefficient (Wildman–Crippen LogP) is 4.41. The van der Waals surface area contributed by atoms with Gasteiger partial charge in [-0.15, -0.1) is 0 Å². The van der Waals surface area contributed by atoms with Crippen LogP contribution in [0.25, 0.3) is 0 Å². The third-order valence-corrected chi connectivity index (χ3v) is 3.79. The second-order valence-electron chi connectivity index (χ2n) is 5.40. The fourth-order valence-corrected chi connectivity index (χ4v) is 2.73. The molecule has 116 valence electrons. The van der Waals surface area contributed by atoms with E-state index in [1.807, 2.05) is 32.0 Å². The van der Waals surface area contributed by atoms with Gasteiger partial charge in [-0.25, -0.2) is 0 Å². The Balaban J connectivity index is 2.10. The smallest absolute Gasteiger partial charge is 0.161 e. The maximum Gasteiger partial charge on any atom is 0.161 e. The van der Waals surface area contributed by atoms with Crippen molar-refractivity contribution in [2.24, 2.45) is 0 Å². The van der Waals surface area contributed by atoms with Crippen LogP contribution in [0.15, 0.2) is 29.8 Å². The number of rotatable bonds is 7. The van der Waals surface area contributed by atoms with E-state index in [1.54, 1.807) is 0 Å². The zero-order valence-electron chi connectivity index (χ0n) is 13.1. The van der Waals surface area contributed by atoms with Crippen LogP contribution >= 0.6 is 0 Å². The molecule has 1 N–H and O–H groups in total. The monoisotopic (exact) mass is 290 g/mol. The topological polar surface area (TPSA) is 38.7 Å². The molecule has 0 heterocycles. The van der Waals surface area contributed by atoms with Gasteiger partial charge in [0.25, 0.3) is 0 Å². The number of allylic oxidation sites excluding steroid dienone is 1. The minimum absolute atomic E-state index is 0.468. The molecule has 0 aromatic heterocycles. The SMILES string of the molecule is CCOc1ccc(C(O)CC2=CCCCC2)cc1OCC. The highest BCUT2D eigenvalue weighted by atomic mass is 16.5. The molecule has 0 fully saturated rings. The molecule has 0 radical (unpaired) electrons. The van der Waals surface area contributed by atoms with Crippen LogP contribution in [0.3, 0.4) is 0 Å². The second kappa shape index (κ2) is 8.08. The van der Waals surface area contributed by atoms with Gasteiger partial charge in [0.1, 0.15) is 0 Å². The quantitative estimate of drug-likeness (QED) is 0.756. The van der Waals surface area contributed by atoms with Crippen LogP contribution in [0.1, 0.15) is 57.6 Å². The fraction of sp³-hybridized carbons (Fsp3) is 0.556. The molecule has 21 heavy (non-hydrogen) atoms. The standard InChI is InChI=1S/C18H26O3/c1-3-20-17-11-10-15(13-18(17)21-4-2)16(19)12-14-8-6-5-7-9-14/h8,10-11,13,16,19H,3-7,9,12H2,1-2H3. The normalized spacial score (nSPS) is 16.2. The lowest BCUT2D eigenvalue weighted by molar-refractivity contribution is 0.175. The molecule has 0 saturated carbocycles. The van der Waals surface area contributed by atoms with Crippen LogP contribution < -0.4 is 9.47 Å². The molecule has 1 aromatic carbocycles. The van der Waals surface area contributed by atoms with E-state index >= 15 is 0 Å². The largest absolute Gasteiger partial charge is 0.490 e. The zero-order valence-corrected chi connectivity index (χ0v) is 13.1. The second-order valence-corrected chi connectivity index (χ2v) is 5.40. The Morgan fingerprint density at radius 2 is 1.86 bits per heavy atom. The number of benzene rings is 1. The molecule has 1 unspecified atom stereocenters. The van der Waals surface area contributed by atoms with E-state index in [9.17, 15) is 5.11 Å². The summed E-state index contributed by atoms with van der Waals surface area (Å²) in [6.07, 6.45) is 7.32. The molecule has 1 aliphatic rings. The summed E-state index contributed by atoms with van der Waals surface area (Å²) in [6, 6.07) is 5.73. The molecule has 0 bridgehead atoms. The van der Waals surface area contributed by atoms with Crippen molar-refractivity contribution in [3.63, 3.8) is 0 Å². The highest BCUT2D eigenvalue weighted by Crippen LogP contribution is 2.33. The number of hydrogen-bond donors (Lipinski definition) is 1. The van der Waals surface area contributed by atoms with Gasteiger partial charge < -0.3 is 14.6 Å². The minimum atomic E-state index is -0.468. The van der Waals surface area contributed by atoms with E-state index in [1.165, 1.54) is 18.4 Å². The summed E-state index contributed by atoms with van der Waals surface area (Å²) in [5, 5.41) is 10.4. The molecule has 0 aliphatic heterocycles. The minimum Gasteiger partial charge on any atom is -0.490 e. The molecule has 0 amide bonds. The van der Waals surface area contributed by atoms with Crippen molar-refractivity contribution in [3.8, 4) is 11.5 Å². The third-order valence-electron chi connectivity index (χ3n) is 3.79. The van der Waals surface area contributed by atoms with Crippen LogP contribution in [-0.4, -0.2) is 18.3 Å². The Morgan fingerprint density at radius 3 is 2.52 bits per heavy atom. The van der Waals surface area contributed by atoms with Crippen molar-refractivity contribution in [3.05, 3.63) is 35.4 Å². The van der Waals surface area contributed by atoms with Crippen molar-refractivity contribution < 1.29 is 14.6 Å². The summed E-state index contributed by atoms with van der Waals surface area (Å²) >= 11 is 0. The summed E-state index contributed by atoms with van der Waals surface area (Å²) in [5.74, 6) is 1.46. The molecule has 2 rings (SSSR count). The Hall–Kier alpha value is -1.48. The van der Waals surface area contributed by atoms with E-state index in [-0.39, 0.29) is 0 Å². The van der Waals surface area contributed by atoms with Crippen LogP contribution in [0.4, 0.5) is 0 Å². The van der Waals surface area contributed by atoms with Gasteiger partial charge in [0, 0.05) is 0 Å². The maximum absolute atomic E-state index is 10.4. The number of aliphatic hydroxyl groups is 1. The maximum atomic E-state index is 10.4. The van der Waals surface area contributed by atoms with Crippen molar-refractivity contribution in [1.29, 1.82) is 0 Å². The first-order valence-electron chi connectivity index (χ1n) is 8.00. The van der Waals surface area contributed by atoms with Crippen molar-refractivity contribution >= 4 is 0 Å². The van der Waals surface area contributed by atoms with Gasteiger partial charge in [-0.3, -0.25) is 0 Å². The zero-order chi connectivity index (χ0) is 15.1. The molecule has 1 aromatic rings. The van der Waals surface area contributed by atoms with Crippen LogP contribution in [0, 0.1) is 0 Å². The van der Waals surface area contributed by atoms with Gasteiger partial charge in [-0.05, 0) is 63.6 Å². The van der Waals surface area contributed by atoms with E-state index in [0.29, 0.717) is 19.0 Å².